The normalized spacial score (nSPS) is 17.9. The van der Waals surface area contributed by atoms with Crippen molar-refractivity contribution in [3.8, 4) is 0 Å². The molecule has 0 radical (unpaired) electrons. The summed E-state index contributed by atoms with van der Waals surface area (Å²) in [5.41, 5.74) is -2.20. The minimum Gasteiger partial charge on any atom is -0.479 e. The molecule has 0 atom stereocenters. The van der Waals surface area contributed by atoms with Gasteiger partial charge in [-0.15, -0.1) is 0 Å². The van der Waals surface area contributed by atoms with Crippen LogP contribution in [-0.2, 0) is 14.4 Å². The van der Waals surface area contributed by atoms with Gasteiger partial charge in [-0.3, -0.25) is 4.79 Å². The predicted octanol–water partition coefficient (Wildman–Crippen LogP) is 1.78. The van der Waals surface area contributed by atoms with Crippen molar-refractivity contribution >= 4 is 17.8 Å². The van der Waals surface area contributed by atoms with Gasteiger partial charge in [-0.05, 0) is 12.3 Å². The molecule has 1 rings (SSSR count). The lowest BCUT2D eigenvalue weighted by Crippen LogP contribution is -2.60. The van der Waals surface area contributed by atoms with Gasteiger partial charge < -0.3 is 15.5 Å². The lowest BCUT2D eigenvalue weighted by atomic mass is 9.80. The molecule has 0 aromatic heterocycles. The van der Waals surface area contributed by atoms with Gasteiger partial charge in [-0.25, -0.2) is 9.59 Å². The van der Waals surface area contributed by atoms with Crippen LogP contribution in [0.15, 0.2) is 0 Å². The van der Waals surface area contributed by atoms with Crippen LogP contribution in [0.4, 0.5) is 0 Å². The zero-order chi connectivity index (χ0) is 15.2. The topological polar surface area (TPSA) is 104 Å². The average Bonchev–Trinajstić information content (AvgIpc) is 2.29. The Kier molecular flexibility index (Phi) is 5.98. The van der Waals surface area contributed by atoms with Crippen molar-refractivity contribution in [2.45, 2.75) is 63.8 Å². The third kappa shape index (κ3) is 4.21. The van der Waals surface area contributed by atoms with E-state index in [1.807, 2.05) is 0 Å². The van der Waals surface area contributed by atoms with E-state index in [-0.39, 0.29) is 12.3 Å². The van der Waals surface area contributed by atoms with E-state index in [2.05, 4.69) is 5.32 Å². The molecule has 20 heavy (non-hydrogen) atoms. The first-order valence-corrected chi connectivity index (χ1v) is 7.14. The lowest BCUT2D eigenvalue weighted by molar-refractivity contribution is -0.162. The summed E-state index contributed by atoms with van der Waals surface area (Å²) in [7, 11) is 0. The Morgan fingerprint density at radius 3 is 1.85 bits per heavy atom. The molecular weight excluding hydrogens is 262 g/mol. The highest BCUT2D eigenvalue weighted by Gasteiger charge is 2.48. The van der Waals surface area contributed by atoms with Gasteiger partial charge in [0.2, 0.25) is 11.4 Å². The standard InChI is InChI=1S/C14H23NO5/c1-10(16)15-14(12(17)18,13(19)20)9-11-7-5-3-2-4-6-8-11/h11H,2-9H2,1H3,(H,15,16)(H,17,18)(H,19,20). The monoisotopic (exact) mass is 285 g/mol. The summed E-state index contributed by atoms with van der Waals surface area (Å²) in [6, 6.07) is 0. The molecule has 0 unspecified atom stereocenters. The Bertz CT molecular complexity index is 358. The molecule has 0 spiro atoms. The van der Waals surface area contributed by atoms with E-state index in [1.54, 1.807) is 0 Å². The molecule has 114 valence electrons. The van der Waals surface area contributed by atoms with Crippen molar-refractivity contribution in [2.24, 2.45) is 5.92 Å². The van der Waals surface area contributed by atoms with Crippen LogP contribution in [0.1, 0.15) is 58.3 Å². The van der Waals surface area contributed by atoms with E-state index < -0.39 is 23.4 Å². The third-order valence-electron chi connectivity index (χ3n) is 3.94. The van der Waals surface area contributed by atoms with Crippen molar-refractivity contribution in [1.29, 1.82) is 0 Å². The van der Waals surface area contributed by atoms with Crippen LogP contribution in [-0.4, -0.2) is 33.6 Å². The smallest absolute Gasteiger partial charge is 0.341 e. The predicted molar refractivity (Wildman–Crippen MR) is 72.2 cm³/mol. The summed E-state index contributed by atoms with van der Waals surface area (Å²) in [5.74, 6) is -3.61. The molecule has 0 aromatic rings. The van der Waals surface area contributed by atoms with Crippen molar-refractivity contribution in [2.75, 3.05) is 0 Å². The fourth-order valence-corrected chi connectivity index (χ4v) is 2.90. The van der Waals surface area contributed by atoms with Crippen LogP contribution in [0.25, 0.3) is 0 Å². The summed E-state index contributed by atoms with van der Waals surface area (Å²) < 4.78 is 0. The van der Waals surface area contributed by atoms with Crippen molar-refractivity contribution in [3.05, 3.63) is 0 Å². The van der Waals surface area contributed by atoms with Crippen LogP contribution in [0, 0.1) is 5.92 Å². The summed E-state index contributed by atoms with van der Waals surface area (Å²) in [4.78, 5) is 34.1. The van der Waals surface area contributed by atoms with Gasteiger partial charge in [0.15, 0.2) is 0 Å². The lowest BCUT2D eigenvalue weighted by Gasteiger charge is -2.30. The molecule has 3 N–H and O–H groups in total. The van der Waals surface area contributed by atoms with Crippen LogP contribution in [0.2, 0.25) is 0 Å². The minimum absolute atomic E-state index is 0.0225. The second-order valence-electron chi connectivity index (χ2n) is 5.61. The van der Waals surface area contributed by atoms with Crippen molar-refractivity contribution < 1.29 is 24.6 Å². The second-order valence-corrected chi connectivity index (χ2v) is 5.61. The Balaban J connectivity index is 2.88. The van der Waals surface area contributed by atoms with Gasteiger partial charge in [0.25, 0.3) is 0 Å². The fraction of sp³-hybridized carbons (Fsp3) is 0.786. The Hall–Kier alpha value is -1.59. The van der Waals surface area contributed by atoms with Crippen LogP contribution in [0.5, 0.6) is 0 Å². The number of carbonyl (C=O) groups is 3. The zero-order valence-corrected chi connectivity index (χ0v) is 11.9. The van der Waals surface area contributed by atoms with E-state index in [0.717, 1.165) is 45.4 Å². The number of aliphatic carboxylic acids is 2. The number of carboxylic acid groups (broad SMARTS) is 2. The zero-order valence-electron chi connectivity index (χ0n) is 11.9. The van der Waals surface area contributed by atoms with Crippen LogP contribution < -0.4 is 5.32 Å². The van der Waals surface area contributed by atoms with Gasteiger partial charge in [0.05, 0.1) is 0 Å². The molecular formula is C14H23NO5. The Morgan fingerprint density at radius 1 is 1.00 bits per heavy atom. The van der Waals surface area contributed by atoms with E-state index >= 15 is 0 Å². The molecule has 0 saturated heterocycles. The molecule has 0 heterocycles. The number of amides is 1. The summed E-state index contributed by atoms with van der Waals surface area (Å²) in [5, 5.41) is 20.7. The number of hydrogen-bond acceptors (Lipinski definition) is 3. The Morgan fingerprint density at radius 2 is 1.45 bits per heavy atom. The maximum Gasteiger partial charge on any atom is 0.341 e. The molecule has 0 bridgehead atoms. The quantitative estimate of drug-likeness (QED) is 0.668. The first kappa shape index (κ1) is 16.5. The fourth-order valence-electron chi connectivity index (χ4n) is 2.90. The van der Waals surface area contributed by atoms with Crippen molar-refractivity contribution in [1.82, 2.24) is 5.32 Å². The minimum atomic E-state index is -2.20. The van der Waals surface area contributed by atoms with Gasteiger partial charge in [-0.1, -0.05) is 44.9 Å². The highest BCUT2D eigenvalue weighted by Crippen LogP contribution is 2.29. The first-order chi connectivity index (χ1) is 9.38. The van der Waals surface area contributed by atoms with Crippen LogP contribution in [0.3, 0.4) is 0 Å². The molecule has 1 amide bonds. The number of hydrogen-bond donors (Lipinski definition) is 3. The van der Waals surface area contributed by atoms with E-state index in [1.165, 1.54) is 6.42 Å². The van der Waals surface area contributed by atoms with Gasteiger partial charge in [0.1, 0.15) is 0 Å². The summed E-state index contributed by atoms with van der Waals surface area (Å²) >= 11 is 0. The molecule has 0 aromatic carbocycles. The molecule has 1 aliphatic carbocycles. The van der Waals surface area contributed by atoms with Crippen molar-refractivity contribution in [3.63, 3.8) is 0 Å². The van der Waals surface area contributed by atoms with Gasteiger partial charge in [-0.2, -0.15) is 0 Å². The van der Waals surface area contributed by atoms with E-state index in [4.69, 9.17) is 0 Å². The number of nitrogens with one attached hydrogen (secondary N) is 1. The number of carboxylic acids is 2. The maximum absolute atomic E-state index is 11.4. The van der Waals surface area contributed by atoms with E-state index in [9.17, 15) is 24.6 Å². The first-order valence-electron chi connectivity index (χ1n) is 7.14. The molecule has 6 heteroatoms. The molecule has 1 aliphatic rings. The van der Waals surface area contributed by atoms with Gasteiger partial charge >= 0.3 is 11.9 Å². The maximum atomic E-state index is 11.4. The van der Waals surface area contributed by atoms with E-state index in [0.29, 0.717) is 0 Å². The molecule has 6 nitrogen and oxygen atoms in total. The highest BCUT2D eigenvalue weighted by molar-refractivity contribution is 6.06. The molecule has 1 saturated carbocycles. The summed E-state index contributed by atoms with van der Waals surface area (Å²) in [6.45, 7) is 1.14. The highest BCUT2D eigenvalue weighted by atomic mass is 16.4. The second kappa shape index (κ2) is 7.26. The van der Waals surface area contributed by atoms with Crippen LogP contribution >= 0.6 is 0 Å². The number of carbonyl (C=O) groups excluding carboxylic acids is 1. The number of rotatable bonds is 5. The molecule has 1 fully saturated rings. The average molecular weight is 285 g/mol. The van der Waals surface area contributed by atoms with Gasteiger partial charge in [0, 0.05) is 6.92 Å². The Labute approximate surface area is 118 Å². The SMILES string of the molecule is CC(=O)NC(CC1CCCCCCC1)(C(=O)O)C(=O)O. The largest absolute Gasteiger partial charge is 0.479 e. The summed E-state index contributed by atoms with van der Waals surface area (Å²) in [6.07, 6.45) is 6.95. The molecule has 0 aliphatic heterocycles. The third-order valence-corrected chi connectivity index (χ3v) is 3.94.